The average molecular weight is 276 g/mol. The maximum atomic E-state index is 11.0. The van der Waals surface area contributed by atoms with Crippen molar-refractivity contribution >= 4 is 17.5 Å². The van der Waals surface area contributed by atoms with Gasteiger partial charge in [0.1, 0.15) is 5.75 Å². The topological polar surface area (TPSA) is 52.3 Å². The molecule has 3 nitrogen and oxygen atoms in total. The van der Waals surface area contributed by atoms with E-state index in [1.807, 2.05) is 24.3 Å². The second kappa shape index (κ2) is 5.76. The molecule has 0 bridgehead atoms. The Morgan fingerprint density at radius 2 is 1.84 bits per heavy atom. The van der Waals surface area contributed by atoms with E-state index < -0.39 is 5.91 Å². The highest BCUT2D eigenvalue weighted by Gasteiger charge is 2.12. The molecule has 1 atom stereocenters. The number of primary amides is 1. The van der Waals surface area contributed by atoms with E-state index in [4.69, 9.17) is 22.1 Å². The van der Waals surface area contributed by atoms with Gasteiger partial charge < -0.3 is 10.5 Å². The lowest BCUT2D eigenvalue weighted by atomic mass is 10.0. The summed E-state index contributed by atoms with van der Waals surface area (Å²) in [5, 5.41) is -0.294. The molecular formula is C15H14ClNO2. The third-order valence-corrected chi connectivity index (χ3v) is 3.38. The Morgan fingerprint density at radius 1 is 1.16 bits per heavy atom. The summed E-state index contributed by atoms with van der Waals surface area (Å²) in [6.45, 7) is 0. The maximum Gasteiger partial charge on any atom is 0.248 e. The highest BCUT2D eigenvalue weighted by Crippen LogP contribution is 2.30. The lowest BCUT2D eigenvalue weighted by Gasteiger charge is -2.12. The fraction of sp³-hybridized carbons (Fsp3) is 0.133. The number of ether oxygens (including phenoxy) is 1. The standard InChI is InChI=1S/C15H14ClNO2/c1-19-13-4-2-3-12(9-13)14(16)10-5-7-11(8-6-10)15(17)18/h2-9,14H,1H3,(H2,17,18). The minimum atomic E-state index is -0.445. The summed E-state index contributed by atoms with van der Waals surface area (Å²) in [7, 11) is 1.62. The number of carbonyl (C=O) groups excluding carboxylic acids is 1. The van der Waals surface area contributed by atoms with Gasteiger partial charge in [-0.3, -0.25) is 4.79 Å². The van der Waals surface area contributed by atoms with E-state index in [0.29, 0.717) is 5.56 Å². The first-order chi connectivity index (χ1) is 9.11. The molecule has 19 heavy (non-hydrogen) atoms. The number of carbonyl (C=O) groups is 1. The smallest absolute Gasteiger partial charge is 0.248 e. The number of nitrogens with two attached hydrogens (primary N) is 1. The number of alkyl halides is 1. The van der Waals surface area contributed by atoms with Crippen molar-refractivity contribution in [3.8, 4) is 5.75 Å². The molecule has 0 aliphatic rings. The molecule has 0 aromatic heterocycles. The Kier molecular flexibility index (Phi) is 4.07. The predicted molar refractivity (Wildman–Crippen MR) is 75.6 cm³/mol. The highest BCUT2D eigenvalue weighted by atomic mass is 35.5. The van der Waals surface area contributed by atoms with E-state index in [1.54, 1.807) is 31.4 Å². The minimum Gasteiger partial charge on any atom is -0.497 e. The van der Waals surface area contributed by atoms with Crippen molar-refractivity contribution in [1.82, 2.24) is 0 Å². The van der Waals surface area contributed by atoms with Crippen LogP contribution >= 0.6 is 11.6 Å². The lowest BCUT2D eigenvalue weighted by molar-refractivity contribution is 0.100. The summed E-state index contributed by atoms with van der Waals surface area (Å²) in [6.07, 6.45) is 0. The Balaban J connectivity index is 2.27. The van der Waals surface area contributed by atoms with Crippen molar-refractivity contribution in [3.63, 3.8) is 0 Å². The summed E-state index contributed by atoms with van der Waals surface area (Å²) in [5.74, 6) is 0.316. The van der Waals surface area contributed by atoms with Gasteiger partial charge in [-0.1, -0.05) is 24.3 Å². The van der Waals surface area contributed by atoms with Crippen LogP contribution in [0.1, 0.15) is 26.9 Å². The first kappa shape index (κ1) is 13.4. The molecule has 0 aliphatic heterocycles. The van der Waals surface area contributed by atoms with Crippen molar-refractivity contribution in [2.75, 3.05) is 7.11 Å². The number of hydrogen-bond acceptors (Lipinski definition) is 2. The van der Waals surface area contributed by atoms with Gasteiger partial charge in [0, 0.05) is 5.56 Å². The fourth-order valence-electron chi connectivity index (χ4n) is 1.81. The number of hydrogen-bond donors (Lipinski definition) is 1. The van der Waals surface area contributed by atoms with Gasteiger partial charge in [0.2, 0.25) is 5.91 Å². The van der Waals surface area contributed by atoms with Gasteiger partial charge in [-0.15, -0.1) is 11.6 Å². The molecule has 0 fully saturated rings. The van der Waals surface area contributed by atoms with Gasteiger partial charge in [-0.2, -0.15) is 0 Å². The van der Waals surface area contributed by atoms with Crippen molar-refractivity contribution in [3.05, 3.63) is 65.2 Å². The Bertz CT molecular complexity index is 581. The maximum absolute atomic E-state index is 11.0. The molecule has 0 spiro atoms. The summed E-state index contributed by atoms with van der Waals surface area (Å²) in [6, 6.07) is 14.5. The Hall–Kier alpha value is -2.00. The summed E-state index contributed by atoms with van der Waals surface area (Å²) >= 11 is 6.42. The van der Waals surface area contributed by atoms with Crippen LogP contribution in [0.15, 0.2) is 48.5 Å². The largest absolute Gasteiger partial charge is 0.497 e. The van der Waals surface area contributed by atoms with Gasteiger partial charge in [0.15, 0.2) is 0 Å². The van der Waals surface area contributed by atoms with Crippen LogP contribution in [-0.4, -0.2) is 13.0 Å². The summed E-state index contributed by atoms with van der Waals surface area (Å²) in [4.78, 5) is 11.0. The van der Waals surface area contributed by atoms with Gasteiger partial charge >= 0.3 is 0 Å². The van der Waals surface area contributed by atoms with Crippen LogP contribution in [0.2, 0.25) is 0 Å². The van der Waals surface area contributed by atoms with Crippen molar-refractivity contribution in [2.45, 2.75) is 5.38 Å². The highest BCUT2D eigenvalue weighted by molar-refractivity contribution is 6.22. The second-order valence-corrected chi connectivity index (χ2v) is 4.56. The van der Waals surface area contributed by atoms with Crippen LogP contribution in [0, 0.1) is 0 Å². The Labute approximate surface area is 117 Å². The van der Waals surface area contributed by atoms with E-state index in [-0.39, 0.29) is 5.38 Å². The molecule has 1 unspecified atom stereocenters. The van der Waals surface area contributed by atoms with E-state index in [2.05, 4.69) is 0 Å². The molecule has 0 radical (unpaired) electrons. The van der Waals surface area contributed by atoms with Crippen LogP contribution in [0.4, 0.5) is 0 Å². The third-order valence-electron chi connectivity index (χ3n) is 2.87. The summed E-state index contributed by atoms with van der Waals surface area (Å²) in [5.41, 5.74) is 7.51. The fourth-order valence-corrected chi connectivity index (χ4v) is 2.09. The molecular weight excluding hydrogens is 262 g/mol. The van der Waals surface area contributed by atoms with Crippen LogP contribution < -0.4 is 10.5 Å². The number of halogens is 1. The first-order valence-corrected chi connectivity index (χ1v) is 6.23. The molecule has 0 saturated carbocycles. The molecule has 0 saturated heterocycles. The SMILES string of the molecule is COc1cccc(C(Cl)c2ccc(C(N)=O)cc2)c1. The van der Waals surface area contributed by atoms with Crippen molar-refractivity contribution in [1.29, 1.82) is 0 Å². The van der Waals surface area contributed by atoms with E-state index in [0.717, 1.165) is 16.9 Å². The van der Waals surface area contributed by atoms with E-state index in [9.17, 15) is 4.79 Å². The molecule has 0 heterocycles. The van der Waals surface area contributed by atoms with E-state index in [1.165, 1.54) is 0 Å². The molecule has 98 valence electrons. The first-order valence-electron chi connectivity index (χ1n) is 5.79. The molecule has 2 aromatic carbocycles. The zero-order chi connectivity index (χ0) is 13.8. The average Bonchev–Trinajstić information content (AvgIpc) is 2.46. The third kappa shape index (κ3) is 3.06. The van der Waals surface area contributed by atoms with Crippen LogP contribution in [0.5, 0.6) is 5.75 Å². The molecule has 2 rings (SSSR count). The molecule has 2 N–H and O–H groups in total. The molecule has 4 heteroatoms. The molecule has 0 aliphatic carbocycles. The monoisotopic (exact) mass is 275 g/mol. The predicted octanol–water partition coefficient (Wildman–Crippen LogP) is 3.12. The second-order valence-electron chi connectivity index (χ2n) is 4.13. The number of benzene rings is 2. The minimum absolute atomic E-state index is 0.294. The summed E-state index contributed by atoms with van der Waals surface area (Å²) < 4.78 is 5.17. The van der Waals surface area contributed by atoms with Gasteiger partial charge in [0.05, 0.1) is 12.5 Å². The van der Waals surface area contributed by atoms with Crippen LogP contribution in [-0.2, 0) is 0 Å². The quantitative estimate of drug-likeness (QED) is 0.872. The van der Waals surface area contributed by atoms with Gasteiger partial charge in [0.25, 0.3) is 0 Å². The number of amides is 1. The van der Waals surface area contributed by atoms with E-state index >= 15 is 0 Å². The van der Waals surface area contributed by atoms with Gasteiger partial charge in [-0.25, -0.2) is 0 Å². The normalized spacial score (nSPS) is 11.9. The lowest BCUT2D eigenvalue weighted by Crippen LogP contribution is -2.10. The molecule has 1 amide bonds. The zero-order valence-corrected chi connectivity index (χ0v) is 11.2. The van der Waals surface area contributed by atoms with Crippen LogP contribution in [0.3, 0.4) is 0 Å². The zero-order valence-electron chi connectivity index (χ0n) is 10.5. The molecule has 2 aromatic rings. The Morgan fingerprint density at radius 3 is 2.42 bits per heavy atom. The van der Waals surface area contributed by atoms with Crippen molar-refractivity contribution in [2.24, 2.45) is 5.73 Å². The van der Waals surface area contributed by atoms with Gasteiger partial charge in [-0.05, 0) is 35.4 Å². The van der Waals surface area contributed by atoms with Crippen LogP contribution in [0.25, 0.3) is 0 Å². The number of rotatable bonds is 4. The van der Waals surface area contributed by atoms with Crippen molar-refractivity contribution < 1.29 is 9.53 Å². The number of methoxy groups -OCH3 is 1.